The molecule has 0 spiro atoms. The Morgan fingerprint density at radius 2 is 1.96 bits per heavy atom. The predicted molar refractivity (Wildman–Crippen MR) is 102 cm³/mol. The van der Waals surface area contributed by atoms with Gasteiger partial charge in [0.25, 0.3) is 0 Å². The maximum atomic E-state index is 6.12. The predicted octanol–water partition coefficient (Wildman–Crippen LogP) is 3.91. The highest BCUT2D eigenvalue weighted by atomic mass is 32.1. The lowest BCUT2D eigenvalue weighted by Gasteiger charge is -2.04. The first kappa shape index (κ1) is 16.0. The second kappa shape index (κ2) is 6.40. The average Bonchev–Trinajstić information content (AvgIpc) is 3.23. The molecule has 0 aliphatic rings. The van der Waals surface area contributed by atoms with Crippen LogP contribution in [0.3, 0.4) is 0 Å². The van der Waals surface area contributed by atoms with E-state index in [-0.39, 0.29) is 0 Å². The normalized spacial score (nSPS) is 11.6. The lowest BCUT2D eigenvalue weighted by atomic mass is 10.2. The van der Waals surface area contributed by atoms with E-state index in [4.69, 9.17) is 5.73 Å². The molecule has 4 rings (SSSR count). The van der Waals surface area contributed by atoms with Gasteiger partial charge in [0.05, 0.1) is 32.8 Å². The molecule has 7 heteroatoms. The number of rotatable bonds is 5. The van der Waals surface area contributed by atoms with Gasteiger partial charge in [-0.25, -0.2) is 14.6 Å². The van der Waals surface area contributed by atoms with Crippen LogP contribution in [-0.2, 0) is 12.8 Å². The van der Waals surface area contributed by atoms with E-state index in [1.165, 1.54) is 0 Å². The molecule has 4 aromatic rings. The van der Waals surface area contributed by atoms with Crippen LogP contribution in [0.2, 0.25) is 0 Å². The Kier molecular flexibility index (Phi) is 4.09. The molecule has 3 heterocycles. The number of aryl methyl sites for hydroxylation is 2. The number of benzene rings is 1. The monoisotopic (exact) mass is 352 g/mol. The number of hydrogen-bond donors (Lipinski definition) is 1. The molecule has 0 aliphatic heterocycles. The van der Waals surface area contributed by atoms with Crippen molar-refractivity contribution in [2.75, 3.05) is 5.73 Å². The molecule has 0 atom stereocenters. The molecule has 25 heavy (non-hydrogen) atoms. The van der Waals surface area contributed by atoms with Crippen LogP contribution in [0.4, 0.5) is 5.82 Å². The fraction of sp³-hybridized carbons (Fsp3) is 0.333. The highest BCUT2D eigenvalue weighted by Gasteiger charge is 2.13. The first-order chi connectivity index (χ1) is 12.2. The Morgan fingerprint density at radius 1 is 1.12 bits per heavy atom. The van der Waals surface area contributed by atoms with Gasteiger partial charge in [-0.05, 0) is 37.5 Å². The number of fused-ring (bicyclic) bond motifs is 3. The lowest BCUT2D eigenvalue weighted by molar-refractivity contribution is 0.792. The van der Waals surface area contributed by atoms with Gasteiger partial charge in [-0.15, -0.1) is 16.4 Å². The smallest absolute Gasteiger partial charge is 0.151 e. The minimum absolute atomic E-state index is 0.500. The number of nitrogen functional groups attached to an aromatic ring is 1. The second-order valence-corrected chi connectivity index (χ2v) is 7.22. The quantitative estimate of drug-likeness (QED) is 0.589. The maximum absolute atomic E-state index is 6.12. The van der Waals surface area contributed by atoms with Crippen molar-refractivity contribution in [3.05, 3.63) is 35.1 Å². The molecule has 0 saturated heterocycles. The molecule has 0 aliphatic carbocycles. The standard InChI is InChI=1S/C18H20N6S/c1-3-5-11-10-24(23-22-11)12-7-8-14-13(9-12)17-16(18(19)20-14)21-15(25-17)6-4-2/h7-10H,3-6H2,1-2H3,(H2,19,20). The van der Waals surface area contributed by atoms with Gasteiger partial charge in [-0.3, -0.25) is 0 Å². The number of hydrogen-bond acceptors (Lipinski definition) is 6. The molecule has 3 aromatic heterocycles. The molecule has 0 bridgehead atoms. The van der Waals surface area contributed by atoms with Crippen molar-refractivity contribution < 1.29 is 0 Å². The van der Waals surface area contributed by atoms with Crippen LogP contribution in [0.1, 0.15) is 37.4 Å². The fourth-order valence-electron chi connectivity index (χ4n) is 2.97. The van der Waals surface area contributed by atoms with Crippen LogP contribution in [-0.4, -0.2) is 25.0 Å². The maximum Gasteiger partial charge on any atom is 0.151 e. The third-order valence-corrected chi connectivity index (χ3v) is 5.30. The Hall–Kier alpha value is -2.54. The molecule has 1 aromatic carbocycles. The van der Waals surface area contributed by atoms with Gasteiger partial charge in [0.15, 0.2) is 5.82 Å². The van der Waals surface area contributed by atoms with E-state index in [0.29, 0.717) is 5.82 Å². The van der Waals surface area contributed by atoms with Gasteiger partial charge in [0.1, 0.15) is 5.52 Å². The summed E-state index contributed by atoms with van der Waals surface area (Å²) in [6, 6.07) is 6.09. The zero-order valence-corrected chi connectivity index (χ0v) is 15.2. The van der Waals surface area contributed by atoms with Crippen LogP contribution in [0.25, 0.3) is 26.8 Å². The summed E-state index contributed by atoms with van der Waals surface area (Å²) in [6.45, 7) is 4.29. The van der Waals surface area contributed by atoms with Crippen molar-refractivity contribution in [3.8, 4) is 5.69 Å². The zero-order valence-electron chi connectivity index (χ0n) is 14.4. The highest BCUT2D eigenvalue weighted by molar-refractivity contribution is 7.19. The molecule has 0 unspecified atom stereocenters. The van der Waals surface area contributed by atoms with E-state index >= 15 is 0 Å². The van der Waals surface area contributed by atoms with E-state index in [1.807, 2.05) is 23.0 Å². The SMILES string of the molecule is CCCc1cn(-c2ccc3nc(N)c4nc(CCC)sc4c3c2)nn1. The first-order valence-corrected chi connectivity index (χ1v) is 9.41. The van der Waals surface area contributed by atoms with Crippen LogP contribution < -0.4 is 5.73 Å². The van der Waals surface area contributed by atoms with E-state index in [1.54, 1.807) is 11.3 Å². The molecule has 2 N–H and O–H groups in total. The Labute approximate surface area is 149 Å². The fourth-order valence-corrected chi connectivity index (χ4v) is 4.16. The van der Waals surface area contributed by atoms with Gasteiger partial charge in [-0.2, -0.15) is 0 Å². The van der Waals surface area contributed by atoms with Gasteiger partial charge >= 0.3 is 0 Å². The molecule has 0 fully saturated rings. The number of pyridine rings is 1. The summed E-state index contributed by atoms with van der Waals surface area (Å²) < 4.78 is 2.92. The number of nitrogens with zero attached hydrogens (tertiary/aromatic N) is 5. The van der Waals surface area contributed by atoms with Gasteiger partial charge in [0.2, 0.25) is 0 Å². The summed E-state index contributed by atoms with van der Waals surface area (Å²) >= 11 is 1.71. The van der Waals surface area contributed by atoms with Crippen molar-refractivity contribution >= 4 is 38.3 Å². The second-order valence-electron chi connectivity index (χ2n) is 6.14. The molecule has 6 nitrogen and oxygen atoms in total. The third-order valence-electron chi connectivity index (χ3n) is 4.16. The zero-order chi connectivity index (χ0) is 17.4. The van der Waals surface area contributed by atoms with Crippen molar-refractivity contribution in [1.29, 1.82) is 0 Å². The number of anilines is 1. The summed E-state index contributed by atoms with van der Waals surface area (Å²) in [7, 11) is 0. The van der Waals surface area contributed by atoms with Crippen LogP contribution in [0.15, 0.2) is 24.4 Å². The summed E-state index contributed by atoms with van der Waals surface area (Å²) in [6.07, 6.45) is 6.01. The van der Waals surface area contributed by atoms with Crippen LogP contribution >= 0.6 is 11.3 Å². The number of thiazole rings is 1. The van der Waals surface area contributed by atoms with Gasteiger partial charge < -0.3 is 5.73 Å². The first-order valence-electron chi connectivity index (χ1n) is 8.59. The van der Waals surface area contributed by atoms with Gasteiger partial charge in [-0.1, -0.05) is 25.5 Å². The molecule has 0 amide bonds. The van der Waals surface area contributed by atoms with Gasteiger partial charge in [0, 0.05) is 5.39 Å². The molecule has 0 radical (unpaired) electrons. The molecule has 0 saturated carbocycles. The number of aromatic nitrogens is 5. The van der Waals surface area contributed by atoms with E-state index in [2.05, 4.69) is 40.2 Å². The van der Waals surface area contributed by atoms with E-state index < -0.39 is 0 Å². The summed E-state index contributed by atoms with van der Waals surface area (Å²) in [5.41, 5.74) is 9.79. The Bertz CT molecular complexity index is 1050. The van der Waals surface area contributed by atoms with E-state index in [0.717, 1.165) is 63.2 Å². The topological polar surface area (TPSA) is 82.5 Å². The summed E-state index contributed by atoms with van der Waals surface area (Å²) in [4.78, 5) is 9.20. The van der Waals surface area contributed by atoms with Crippen LogP contribution in [0, 0.1) is 0 Å². The van der Waals surface area contributed by atoms with Crippen molar-refractivity contribution in [2.45, 2.75) is 39.5 Å². The molecular weight excluding hydrogens is 332 g/mol. The third kappa shape index (κ3) is 2.84. The minimum atomic E-state index is 0.500. The van der Waals surface area contributed by atoms with Crippen molar-refractivity contribution in [2.24, 2.45) is 0 Å². The highest BCUT2D eigenvalue weighted by Crippen LogP contribution is 2.33. The van der Waals surface area contributed by atoms with Crippen molar-refractivity contribution in [3.63, 3.8) is 0 Å². The number of nitrogens with two attached hydrogens (primary N) is 1. The van der Waals surface area contributed by atoms with Crippen LogP contribution in [0.5, 0.6) is 0 Å². The Balaban J connectivity index is 1.88. The average molecular weight is 352 g/mol. The summed E-state index contributed by atoms with van der Waals surface area (Å²) in [5, 5.41) is 10.7. The Morgan fingerprint density at radius 3 is 2.76 bits per heavy atom. The molecular formula is C18H20N6S. The summed E-state index contributed by atoms with van der Waals surface area (Å²) in [5.74, 6) is 0.500. The largest absolute Gasteiger partial charge is 0.382 e. The minimum Gasteiger partial charge on any atom is -0.382 e. The molecule has 128 valence electrons. The van der Waals surface area contributed by atoms with Crippen molar-refractivity contribution in [1.82, 2.24) is 25.0 Å². The van der Waals surface area contributed by atoms with E-state index in [9.17, 15) is 0 Å². The lowest BCUT2D eigenvalue weighted by Crippen LogP contribution is -1.97.